The van der Waals surface area contributed by atoms with Gasteiger partial charge in [0.1, 0.15) is 6.10 Å². The minimum Gasteiger partial charge on any atom is -0.472 e. The molecule has 2 bridgehead atoms. The first-order chi connectivity index (χ1) is 9.92. The number of pyridine rings is 1. The smallest absolute Gasteiger partial charge is 0.225 e. The van der Waals surface area contributed by atoms with E-state index in [2.05, 4.69) is 19.9 Å². The number of ether oxygens (including phenoxy) is 1. The van der Waals surface area contributed by atoms with Gasteiger partial charge in [-0.15, -0.1) is 0 Å². The van der Waals surface area contributed by atoms with Gasteiger partial charge >= 0.3 is 0 Å². The number of nitrogens with zero attached hydrogens (tertiary/aromatic N) is 4. The first-order valence-electron chi connectivity index (χ1n) is 7.03. The Morgan fingerprint density at radius 3 is 2.65 bits per heavy atom. The Hall–Kier alpha value is -2.17. The second-order valence-corrected chi connectivity index (χ2v) is 5.36. The summed E-state index contributed by atoms with van der Waals surface area (Å²) < 4.78 is 6.11. The van der Waals surface area contributed by atoms with Crippen molar-refractivity contribution in [2.75, 3.05) is 11.4 Å². The van der Waals surface area contributed by atoms with Gasteiger partial charge in [-0.3, -0.25) is 0 Å². The standard InChI is InChI=1S/C15H16N4O/c1-2-7-16-13(4-1)20-14-11-5-6-12(14)19(10-11)15-17-8-3-9-18-15/h1-4,7-9,11-12,14H,5-6,10H2. The average Bonchev–Trinajstić information content (AvgIpc) is 3.06. The average molecular weight is 268 g/mol. The van der Waals surface area contributed by atoms with E-state index in [1.165, 1.54) is 6.42 Å². The molecule has 1 saturated heterocycles. The van der Waals surface area contributed by atoms with Gasteiger partial charge in [-0.05, 0) is 25.0 Å². The van der Waals surface area contributed by atoms with Crippen molar-refractivity contribution in [1.82, 2.24) is 15.0 Å². The minimum atomic E-state index is 0.203. The molecule has 0 spiro atoms. The third-order valence-corrected chi connectivity index (χ3v) is 4.21. The highest BCUT2D eigenvalue weighted by Gasteiger charge is 2.49. The molecule has 0 N–H and O–H groups in total. The fraction of sp³-hybridized carbons (Fsp3) is 0.400. The van der Waals surface area contributed by atoms with Crippen molar-refractivity contribution < 1.29 is 4.74 Å². The van der Waals surface area contributed by atoms with Crippen molar-refractivity contribution in [2.24, 2.45) is 5.92 Å². The number of fused-ring (bicyclic) bond motifs is 2. The van der Waals surface area contributed by atoms with Crippen molar-refractivity contribution in [2.45, 2.75) is 25.0 Å². The van der Waals surface area contributed by atoms with Crippen LogP contribution in [-0.4, -0.2) is 33.6 Å². The van der Waals surface area contributed by atoms with Crippen LogP contribution in [0.4, 0.5) is 5.95 Å². The third-order valence-electron chi connectivity index (χ3n) is 4.21. The van der Waals surface area contributed by atoms with Crippen LogP contribution in [0.1, 0.15) is 12.8 Å². The molecule has 3 unspecified atom stereocenters. The van der Waals surface area contributed by atoms with E-state index < -0.39 is 0 Å². The van der Waals surface area contributed by atoms with E-state index in [0.717, 1.165) is 18.9 Å². The Morgan fingerprint density at radius 2 is 1.85 bits per heavy atom. The number of aromatic nitrogens is 3. The van der Waals surface area contributed by atoms with E-state index in [0.29, 0.717) is 17.8 Å². The van der Waals surface area contributed by atoms with Crippen LogP contribution in [-0.2, 0) is 0 Å². The van der Waals surface area contributed by atoms with E-state index in [4.69, 9.17) is 4.74 Å². The zero-order valence-electron chi connectivity index (χ0n) is 11.1. The molecule has 0 amide bonds. The molecular weight excluding hydrogens is 252 g/mol. The fourth-order valence-electron chi connectivity index (χ4n) is 3.34. The predicted octanol–water partition coefficient (Wildman–Crippen LogP) is 1.92. The van der Waals surface area contributed by atoms with Crippen LogP contribution in [0, 0.1) is 5.92 Å². The molecule has 2 fully saturated rings. The topological polar surface area (TPSA) is 51.1 Å². The van der Waals surface area contributed by atoms with Crippen molar-refractivity contribution >= 4 is 5.95 Å². The van der Waals surface area contributed by atoms with E-state index in [1.54, 1.807) is 18.6 Å². The van der Waals surface area contributed by atoms with Crippen LogP contribution in [0.5, 0.6) is 5.88 Å². The normalized spacial score (nSPS) is 27.8. The Bertz CT molecular complexity index is 577. The summed E-state index contributed by atoms with van der Waals surface area (Å²) in [6.07, 6.45) is 7.91. The molecule has 0 aromatic carbocycles. The van der Waals surface area contributed by atoms with Gasteiger partial charge in [-0.25, -0.2) is 15.0 Å². The van der Waals surface area contributed by atoms with Crippen molar-refractivity contribution in [3.8, 4) is 5.88 Å². The van der Waals surface area contributed by atoms with Gasteiger partial charge in [0.25, 0.3) is 0 Å². The summed E-state index contributed by atoms with van der Waals surface area (Å²) in [7, 11) is 0. The summed E-state index contributed by atoms with van der Waals surface area (Å²) >= 11 is 0. The summed E-state index contributed by atoms with van der Waals surface area (Å²) in [5.41, 5.74) is 0. The SMILES string of the molecule is c1ccc(OC2C3CCC2N(c2ncccn2)C3)nc1. The lowest BCUT2D eigenvalue weighted by atomic mass is 10.1. The number of rotatable bonds is 3. The largest absolute Gasteiger partial charge is 0.472 e. The summed E-state index contributed by atoms with van der Waals surface area (Å²) in [6.45, 7) is 0.978. The lowest BCUT2D eigenvalue weighted by Gasteiger charge is -2.26. The number of piperidine rings is 1. The maximum absolute atomic E-state index is 6.11. The van der Waals surface area contributed by atoms with Gasteiger partial charge < -0.3 is 9.64 Å². The molecule has 3 heterocycles. The lowest BCUT2D eigenvalue weighted by molar-refractivity contribution is 0.171. The zero-order valence-corrected chi connectivity index (χ0v) is 11.1. The summed E-state index contributed by atoms with van der Waals surface area (Å²) in [5, 5.41) is 0. The molecule has 2 aliphatic rings. The fourth-order valence-corrected chi connectivity index (χ4v) is 3.34. The molecular formula is C15H16N4O. The molecule has 20 heavy (non-hydrogen) atoms. The molecule has 1 aliphatic heterocycles. The highest BCUT2D eigenvalue weighted by molar-refractivity contribution is 5.37. The van der Waals surface area contributed by atoms with Crippen LogP contribution in [0.3, 0.4) is 0 Å². The molecule has 3 atom stereocenters. The molecule has 102 valence electrons. The first kappa shape index (κ1) is 11.6. The molecule has 5 nitrogen and oxygen atoms in total. The molecule has 2 aromatic rings. The maximum atomic E-state index is 6.11. The number of anilines is 1. The quantitative estimate of drug-likeness (QED) is 0.851. The third kappa shape index (κ3) is 1.90. The first-order valence-corrected chi connectivity index (χ1v) is 7.03. The van der Waals surface area contributed by atoms with Crippen LogP contribution in [0.25, 0.3) is 0 Å². The van der Waals surface area contributed by atoms with Crippen LogP contribution < -0.4 is 9.64 Å². The van der Waals surface area contributed by atoms with Gasteiger partial charge in [0.2, 0.25) is 11.8 Å². The Labute approximate surface area is 117 Å². The molecule has 1 aliphatic carbocycles. The van der Waals surface area contributed by atoms with Gasteiger partial charge in [-0.1, -0.05) is 6.07 Å². The van der Waals surface area contributed by atoms with E-state index >= 15 is 0 Å². The Morgan fingerprint density at radius 1 is 1.00 bits per heavy atom. The van der Waals surface area contributed by atoms with Gasteiger partial charge in [0, 0.05) is 37.1 Å². The van der Waals surface area contributed by atoms with E-state index in [1.807, 2.05) is 24.3 Å². The molecule has 0 radical (unpaired) electrons. The summed E-state index contributed by atoms with van der Waals surface area (Å²) in [5.74, 6) is 2.07. The Kier molecular flexibility index (Phi) is 2.76. The minimum absolute atomic E-state index is 0.203. The highest BCUT2D eigenvalue weighted by atomic mass is 16.5. The maximum Gasteiger partial charge on any atom is 0.225 e. The van der Waals surface area contributed by atoms with Crippen LogP contribution in [0.2, 0.25) is 0 Å². The second-order valence-electron chi connectivity index (χ2n) is 5.36. The predicted molar refractivity (Wildman–Crippen MR) is 74.5 cm³/mol. The van der Waals surface area contributed by atoms with Gasteiger partial charge in [0.15, 0.2) is 0 Å². The van der Waals surface area contributed by atoms with Crippen LogP contribution in [0.15, 0.2) is 42.9 Å². The highest BCUT2D eigenvalue weighted by Crippen LogP contribution is 2.41. The van der Waals surface area contributed by atoms with E-state index in [-0.39, 0.29) is 6.10 Å². The van der Waals surface area contributed by atoms with Crippen molar-refractivity contribution in [3.05, 3.63) is 42.9 Å². The molecule has 5 heteroatoms. The van der Waals surface area contributed by atoms with Crippen LogP contribution >= 0.6 is 0 Å². The molecule has 2 aromatic heterocycles. The van der Waals surface area contributed by atoms with Crippen molar-refractivity contribution in [3.63, 3.8) is 0 Å². The number of hydrogen-bond acceptors (Lipinski definition) is 5. The number of hydrogen-bond donors (Lipinski definition) is 0. The molecule has 1 saturated carbocycles. The van der Waals surface area contributed by atoms with Crippen molar-refractivity contribution in [1.29, 1.82) is 0 Å². The Balaban J connectivity index is 1.55. The molecule has 4 rings (SSSR count). The second kappa shape index (κ2) is 4.74. The lowest BCUT2D eigenvalue weighted by Crippen LogP contribution is -2.37. The summed E-state index contributed by atoms with van der Waals surface area (Å²) in [4.78, 5) is 15.3. The monoisotopic (exact) mass is 268 g/mol. The zero-order chi connectivity index (χ0) is 13.4. The van der Waals surface area contributed by atoms with Gasteiger partial charge in [-0.2, -0.15) is 0 Å². The summed E-state index contributed by atoms with van der Waals surface area (Å²) in [6, 6.07) is 7.99. The van der Waals surface area contributed by atoms with E-state index in [9.17, 15) is 0 Å². The van der Waals surface area contributed by atoms with Gasteiger partial charge in [0.05, 0.1) is 6.04 Å².